The van der Waals surface area contributed by atoms with E-state index in [0.29, 0.717) is 6.42 Å². The molecule has 3 aromatic rings. The summed E-state index contributed by atoms with van der Waals surface area (Å²) in [7, 11) is 0. The molecule has 0 N–H and O–H groups in total. The topological polar surface area (TPSA) is 62.5 Å². The highest BCUT2D eigenvalue weighted by atomic mass is 16.5. The molecule has 0 bridgehead atoms. The van der Waals surface area contributed by atoms with E-state index in [1.807, 2.05) is 35.2 Å². The van der Waals surface area contributed by atoms with Crippen molar-refractivity contribution in [1.29, 1.82) is 0 Å². The summed E-state index contributed by atoms with van der Waals surface area (Å²) < 4.78 is 4.87. The zero-order chi connectivity index (χ0) is 17.1. The van der Waals surface area contributed by atoms with Gasteiger partial charge in [-0.25, -0.2) is 0 Å². The molecule has 4 rings (SSSR count). The van der Waals surface area contributed by atoms with Gasteiger partial charge in [0.05, 0.1) is 17.6 Å². The minimum absolute atomic E-state index is 0.165. The van der Waals surface area contributed by atoms with E-state index in [1.54, 1.807) is 12.5 Å². The number of aromatic nitrogens is 2. The Bertz CT molecular complexity index is 855. The number of rotatable bonds is 4. The van der Waals surface area contributed by atoms with Gasteiger partial charge in [0.1, 0.15) is 6.26 Å². The highest BCUT2D eigenvalue weighted by Crippen LogP contribution is 2.14. The van der Waals surface area contributed by atoms with Crippen molar-refractivity contribution in [3.8, 4) is 0 Å². The van der Waals surface area contributed by atoms with Crippen molar-refractivity contribution < 1.29 is 9.32 Å². The van der Waals surface area contributed by atoms with Gasteiger partial charge in [-0.05, 0) is 17.7 Å². The maximum absolute atomic E-state index is 12.6. The van der Waals surface area contributed by atoms with E-state index < -0.39 is 0 Å². The van der Waals surface area contributed by atoms with E-state index in [1.165, 1.54) is 0 Å². The fourth-order valence-corrected chi connectivity index (χ4v) is 3.20. The fraction of sp³-hybridized carbons (Fsp3) is 0.316. The highest BCUT2D eigenvalue weighted by Gasteiger charge is 2.21. The summed E-state index contributed by atoms with van der Waals surface area (Å²) in [5.41, 5.74) is 2.86. The molecule has 2 aromatic heterocycles. The van der Waals surface area contributed by atoms with Crippen molar-refractivity contribution in [1.82, 2.24) is 19.9 Å². The van der Waals surface area contributed by atoms with Crippen molar-refractivity contribution in [2.24, 2.45) is 0 Å². The lowest BCUT2D eigenvalue weighted by molar-refractivity contribution is -0.132. The monoisotopic (exact) mass is 336 g/mol. The minimum atomic E-state index is 0.165. The minimum Gasteiger partial charge on any atom is -0.364 e. The van der Waals surface area contributed by atoms with E-state index >= 15 is 0 Å². The molecule has 0 radical (unpaired) electrons. The molecule has 0 unspecified atom stereocenters. The molecule has 6 heteroatoms. The average Bonchev–Trinajstić information content (AvgIpc) is 3.15. The van der Waals surface area contributed by atoms with E-state index in [9.17, 15) is 4.79 Å². The molecule has 1 aromatic carbocycles. The Kier molecular flexibility index (Phi) is 4.43. The van der Waals surface area contributed by atoms with Crippen LogP contribution in [0.3, 0.4) is 0 Å². The molecule has 0 atom stereocenters. The predicted octanol–water partition coefficient (Wildman–Crippen LogP) is 2.11. The molecular formula is C19H20N4O2. The third-order valence-electron chi connectivity index (χ3n) is 4.60. The molecule has 6 nitrogen and oxygen atoms in total. The second kappa shape index (κ2) is 7.03. The van der Waals surface area contributed by atoms with Gasteiger partial charge in [0.25, 0.3) is 0 Å². The molecule has 128 valence electrons. The number of fused-ring (bicyclic) bond motifs is 1. The Hall–Kier alpha value is -2.73. The summed E-state index contributed by atoms with van der Waals surface area (Å²) in [6, 6.07) is 11.9. The first kappa shape index (κ1) is 15.8. The number of amides is 1. The van der Waals surface area contributed by atoms with Gasteiger partial charge >= 0.3 is 0 Å². The number of pyridine rings is 1. The smallest absolute Gasteiger partial charge is 0.227 e. The lowest BCUT2D eigenvalue weighted by Crippen LogP contribution is -2.48. The maximum atomic E-state index is 12.6. The molecule has 0 saturated carbocycles. The lowest BCUT2D eigenvalue weighted by Gasteiger charge is -2.34. The van der Waals surface area contributed by atoms with Crippen LogP contribution in [0.1, 0.15) is 11.3 Å². The Morgan fingerprint density at radius 1 is 1.12 bits per heavy atom. The highest BCUT2D eigenvalue weighted by molar-refractivity contribution is 5.82. The number of nitrogens with zero attached hydrogens (tertiary/aromatic N) is 4. The van der Waals surface area contributed by atoms with Crippen molar-refractivity contribution in [3.05, 3.63) is 60.1 Å². The maximum Gasteiger partial charge on any atom is 0.227 e. The van der Waals surface area contributed by atoms with Crippen molar-refractivity contribution in [2.75, 3.05) is 26.2 Å². The zero-order valence-corrected chi connectivity index (χ0v) is 14.0. The second-order valence-corrected chi connectivity index (χ2v) is 6.36. The van der Waals surface area contributed by atoms with Crippen molar-refractivity contribution in [3.63, 3.8) is 0 Å². The van der Waals surface area contributed by atoms with Gasteiger partial charge in [-0.1, -0.05) is 23.4 Å². The number of piperazine rings is 1. The fourth-order valence-electron chi connectivity index (χ4n) is 3.20. The second-order valence-electron chi connectivity index (χ2n) is 6.36. The first-order chi connectivity index (χ1) is 12.3. The van der Waals surface area contributed by atoms with Crippen LogP contribution in [0.5, 0.6) is 0 Å². The van der Waals surface area contributed by atoms with Gasteiger partial charge in [-0.3, -0.25) is 14.7 Å². The molecule has 0 spiro atoms. The lowest BCUT2D eigenvalue weighted by atomic mass is 10.1. The van der Waals surface area contributed by atoms with Gasteiger partial charge in [-0.2, -0.15) is 0 Å². The average molecular weight is 336 g/mol. The summed E-state index contributed by atoms with van der Waals surface area (Å²) in [6.07, 6.45) is 3.80. The normalized spacial score (nSPS) is 15.6. The van der Waals surface area contributed by atoms with Crippen LogP contribution in [0, 0.1) is 0 Å². The Balaban J connectivity index is 1.33. The van der Waals surface area contributed by atoms with Crippen LogP contribution >= 0.6 is 0 Å². The zero-order valence-electron chi connectivity index (χ0n) is 14.0. The standard InChI is InChI=1S/C19H20N4O2/c24-19(12-15-11-16-3-1-2-4-18(16)20-13-15)23-8-6-22(7-9-23)14-17-5-10-25-21-17/h1-5,10-11,13H,6-9,12,14H2. The van der Waals surface area contributed by atoms with Crippen LogP contribution in [-0.4, -0.2) is 52.0 Å². The number of benzene rings is 1. The molecule has 1 fully saturated rings. The third kappa shape index (κ3) is 3.69. The number of hydrogen-bond acceptors (Lipinski definition) is 5. The molecule has 1 aliphatic rings. The Morgan fingerprint density at radius 3 is 2.76 bits per heavy atom. The van der Waals surface area contributed by atoms with Crippen LogP contribution in [0.2, 0.25) is 0 Å². The molecule has 25 heavy (non-hydrogen) atoms. The predicted molar refractivity (Wildman–Crippen MR) is 93.8 cm³/mol. The van der Waals surface area contributed by atoms with E-state index in [0.717, 1.165) is 54.9 Å². The van der Waals surface area contributed by atoms with Crippen LogP contribution < -0.4 is 0 Å². The molecule has 1 aliphatic heterocycles. The van der Waals surface area contributed by atoms with Crippen molar-refractivity contribution in [2.45, 2.75) is 13.0 Å². The SMILES string of the molecule is O=C(Cc1cnc2ccccc2c1)N1CCN(Cc2ccon2)CC1. The summed E-state index contributed by atoms with van der Waals surface area (Å²) in [6.45, 7) is 3.98. The molecule has 1 saturated heterocycles. The molecule has 3 heterocycles. The van der Waals surface area contributed by atoms with Crippen molar-refractivity contribution >= 4 is 16.8 Å². The summed E-state index contributed by atoms with van der Waals surface area (Å²) in [5, 5.41) is 5.02. The summed E-state index contributed by atoms with van der Waals surface area (Å²) in [4.78, 5) is 21.2. The summed E-state index contributed by atoms with van der Waals surface area (Å²) in [5.74, 6) is 0.165. The summed E-state index contributed by atoms with van der Waals surface area (Å²) >= 11 is 0. The van der Waals surface area contributed by atoms with Crippen LogP contribution in [-0.2, 0) is 17.8 Å². The Morgan fingerprint density at radius 2 is 1.96 bits per heavy atom. The third-order valence-corrected chi connectivity index (χ3v) is 4.60. The van der Waals surface area contributed by atoms with Crippen LogP contribution in [0.15, 0.2) is 53.4 Å². The van der Waals surface area contributed by atoms with E-state index in [-0.39, 0.29) is 5.91 Å². The van der Waals surface area contributed by atoms with E-state index in [4.69, 9.17) is 4.52 Å². The number of hydrogen-bond donors (Lipinski definition) is 0. The van der Waals surface area contributed by atoms with Gasteiger partial charge < -0.3 is 9.42 Å². The number of carbonyl (C=O) groups is 1. The molecular weight excluding hydrogens is 316 g/mol. The van der Waals surface area contributed by atoms with E-state index in [2.05, 4.69) is 21.1 Å². The quantitative estimate of drug-likeness (QED) is 0.730. The molecule has 1 amide bonds. The number of carbonyl (C=O) groups excluding carboxylic acids is 1. The Labute approximate surface area is 146 Å². The first-order valence-corrected chi connectivity index (χ1v) is 8.51. The van der Waals surface area contributed by atoms with Gasteiger partial charge in [0.2, 0.25) is 5.91 Å². The van der Waals surface area contributed by atoms with Gasteiger partial charge in [-0.15, -0.1) is 0 Å². The number of para-hydroxylation sites is 1. The largest absolute Gasteiger partial charge is 0.364 e. The molecule has 0 aliphatic carbocycles. The van der Waals surface area contributed by atoms with Crippen LogP contribution in [0.25, 0.3) is 10.9 Å². The van der Waals surface area contributed by atoms with Gasteiger partial charge in [0.15, 0.2) is 0 Å². The van der Waals surface area contributed by atoms with Crippen LogP contribution in [0.4, 0.5) is 0 Å². The van der Waals surface area contributed by atoms with Gasteiger partial charge in [0, 0.05) is 50.4 Å². The first-order valence-electron chi connectivity index (χ1n) is 8.51.